The Labute approximate surface area is 102 Å². The number of ether oxygens (including phenoxy) is 3. The van der Waals surface area contributed by atoms with Gasteiger partial charge in [0.1, 0.15) is 11.5 Å². The van der Waals surface area contributed by atoms with Crippen molar-refractivity contribution in [3.63, 3.8) is 0 Å². The van der Waals surface area contributed by atoms with Gasteiger partial charge in [-0.15, -0.1) is 0 Å². The molecular formula is C13H19NO3. The van der Waals surface area contributed by atoms with E-state index in [1.54, 1.807) is 19.2 Å². The molecule has 0 fully saturated rings. The van der Waals surface area contributed by atoms with E-state index < -0.39 is 0 Å². The van der Waals surface area contributed by atoms with Crippen LogP contribution >= 0.6 is 0 Å². The Morgan fingerprint density at radius 2 is 2.06 bits per heavy atom. The summed E-state index contributed by atoms with van der Waals surface area (Å²) in [4.78, 5) is 0. The van der Waals surface area contributed by atoms with E-state index in [-0.39, 0.29) is 5.90 Å². The van der Waals surface area contributed by atoms with Gasteiger partial charge in [-0.25, -0.2) is 0 Å². The van der Waals surface area contributed by atoms with Crippen molar-refractivity contribution in [2.45, 2.75) is 20.3 Å². The van der Waals surface area contributed by atoms with Crippen molar-refractivity contribution in [3.8, 4) is 11.5 Å². The molecule has 0 unspecified atom stereocenters. The minimum Gasteiger partial charge on any atom is -0.497 e. The lowest BCUT2D eigenvalue weighted by atomic mass is 10.2. The molecule has 0 aliphatic heterocycles. The first-order valence-corrected chi connectivity index (χ1v) is 5.75. The minimum atomic E-state index is 0.109. The SMILES string of the molecule is CCCOc1ccc(OC)cc1C(=N)OCC. The zero-order chi connectivity index (χ0) is 12.7. The minimum absolute atomic E-state index is 0.109. The maximum atomic E-state index is 7.82. The van der Waals surface area contributed by atoms with Crippen molar-refractivity contribution < 1.29 is 14.2 Å². The van der Waals surface area contributed by atoms with Crippen LogP contribution in [0.1, 0.15) is 25.8 Å². The fraction of sp³-hybridized carbons (Fsp3) is 0.462. The summed E-state index contributed by atoms with van der Waals surface area (Å²) in [6.45, 7) is 4.97. The molecule has 0 spiro atoms. The molecule has 17 heavy (non-hydrogen) atoms. The molecule has 0 bridgehead atoms. The van der Waals surface area contributed by atoms with Crippen molar-refractivity contribution in [2.75, 3.05) is 20.3 Å². The van der Waals surface area contributed by atoms with Gasteiger partial charge in [-0.05, 0) is 31.5 Å². The van der Waals surface area contributed by atoms with Gasteiger partial charge in [-0.2, -0.15) is 0 Å². The van der Waals surface area contributed by atoms with E-state index in [1.807, 2.05) is 19.9 Å². The number of methoxy groups -OCH3 is 1. The number of rotatable bonds is 6. The van der Waals surface area contributed by atoms with Gasteiger partial charge in [0.15, 0.2) is 0 Å². The van der Waals surface area contributed by atoms with E-state index in [4.69, 9.17) is 19.6 Å². The molecule has 4 nitrogen and oxygen atoms in total. The van der Waals surface area contributed by atoms with Crippen molar-refractivity contribution >= 4 is 5.90 Å². The highest BCUT2D eigenvalue weighted by atomic mass is 16.5. The molecule has 0 aliphatic rings. The second kappa shape index (κ2) is 6.78. The third-order valence-electron chi connectivity index (χ3n) is 2.18. The topological polar surface area (TPSA) is 51.5 Å². The monoisotopic (exact) mass is 237 g/mol. The van der Waals surface area contributed by atoms with E-state index >= 15 is 0 Å². The van der Waals surface area contributed by atoms with Gasteiger partial charge in [-0.1, -0.05) is 6.92 Å². The van der Waals surface area contributed by atoms with Gasteiger partial charge in [0.05, 0.1) is 25.9 Å². The molecule has 4 heteroatoms. The Morgan fingerprint density at radius 1 is 1.29 bits per heavy atom. The van der Waals surface area contributed by atoms with Crippen LogP contribution in [0.25, 0.3) is 0 Å². The molecule has 0 saturated carbocycles. The average molecular weight is 237 g/mol. The zero-order valence-electron chi connectivity index (χ0n) is 10.6. The van der Waals surface area contributed by atoms with Crippen molar-refractivity contribution in [3.05, 3.63) is 23.8 Å². The Hall–Kier alpha value is -1.71. The molecule has 1 aromatic rings. The lowest BCUT2D eigenvalue weighted by Gasteiger charge is -2.13. The Kier molecular flexibility index (Phi) is 5.33. The van der Waals surface area contributed by atoms with Gasteiger partial charge in [0.2, 0.25) is 5.90 Å². The molecule has 0 amide bonds. The van der Waals surface area contributed by atoms with E-state index in [0.29, 0.717) is 30.3 Å². The molecule has 1 rings (SSSR count). The molecule has 1 N–H and O–H groups in total. The number of hydrogen-bond donors (Lipinski definition) is 1. The van der Waals surface area contributed by atoms with Crippen LogP contribution in [0, 0.1) is 5.41 Å². The van der Waals surface area contributed by atoms with Crippen LogP contribution in [0.2, 0.25) is 0 Å². The van der Waals surface area contributed by atoms with E-state index in [9.17, 15) is 0 Å². The molecule has 0 radical (unpaired) electrons. The maximum Gasteiger partial charge on any atom is 0.217 e. The lowest BCUT2D eigenvalue weighted by molar-refractivity contribution is 0.304. The first-order valence-electron chi connectivity index (χ1n) is 5.75. The Bertz CT molecular complexity index is 377. The van der Waals surface area contributed by atoms with Crippen LogP contribution < -0.4 is 9.47 Å². The third kappa shape index (κ3) is 3.66. The molecule has 94 valence electrons. The van der Waals surface area contributed by atoms with Gasteiger partial charge >= 0.3 is 0 Å². The van der Waals surface area contributed by atoms with Gasteiger partial charge in [0.25, 0.3) is 0 Å². The van der Waals surface area contributed by atoms with E-state index in [2.05, 4.69) is 0 Å². The van der Waals surface area contributed by atoms with E-state index in [0.717, 1.165) is 6.42 Å². The molecular weight excluding hydrogens is 218 g/mol. The fourth-order valence-corrected chi connectivity index (χ4v) is 1.37. The van der Waals surface area contributed by atoms with E-state index in [1.165, 1.54) is 0 Å². The highest BCUT2D eigenvalue weighted by Gasteiger charge is 2.11. The van der Waals surface area contributed by atoms with Gasteiger partial charge < -0.3 is 14.2 Å². The van der Waals surface area contributed by atoms with Crippen LogP contribution in [-0.2, 0) is 4.74 Å². The van der Waals surface area contributed by atoms with Crippen LogP contribution in [0.15, 0.2) is 18.2 Å². The van der Waals surface area contributed by atoms with Crippen LogP contribution in [0.5, 0.6) is 11.5 Å². The average Bonchev–Trinajstić information content (AvgIpc) is 2.36. The molecule has 0 atom stereocenters. The zero-order valence-corrected chi connectivity index (χ0v) is 10.6. The first-order chi connectivity index (χ1) is 8.22. The fourth-order valence-electron chi connectivity index (χ4n) is 1.37. The molecule has 0 heterocycles. The predicted octanol–water partition coefficient (Wildman–Crippen LogP) is 2.85. The van der Waals surface area contributed by atoms with Crippen LogP contribution in [-0.4, -0.2) is 26.2 Å². The van der Waals surface area contributed by atoms with Crippen LogP contribution in [0.4, 0.5) is 0 Å². The van der Waals surface area contributed by atoms with Crippen molar-refractivity contribution in [2.24, 2.45) is 0 Å². The predicted molar refractivity (Wildman–Crippen MR) is 67.2 cm³/mol. The summed E-state index contributed by atoms with van der Waals surface area (Å²) < 4.78 is 15.9. The summed E-state index contributed by atoms with van der Waals surface area (Å²) in [7, 11) is 1.59. The highest BCUT2D eigenvalue weighted by Crippen LogP contribution is 2.25. The second-order valence-electron chi connectivity index (χ2n) is 3.47. The normalized spacial score (nSPS) is 9.82. The Balaban J connectivity index is 2.98. The largest absolute Gasteiger partial charge is 0.497 e. The number of benzene rings is 1. The molecule has 1 aromatic carbocycles. The standard InChI is InChI=1S/C13H19NO3/c1-4-8-17-12-7-6-10(15-3)9-11(12)13(14)16-5-2/h6-7,9,14H,4-5,8H2,1-3H3. The highest BCUT2D eigenvalue weighted by molar-refractivity contribution is 5.95. The summed E-state index contributed by atoms with van der Waals surface area (Å²) in [6, 6.07) is 5.37. The summed E-state index contributed by atoms with van der Waals surface area (Å²) in [5.74, 6) is 1.46. The summed E-state index contributed by atoms with van der Waals surface area (Å²) in [5.41, 5.74) is 0.625. The Morgan fingerprint density at radius 3 is 2.65 bits per heavy atom. The lowest BCUT2D eigenvalue weighted by Crippen LogP contribution is -2.08. The third-order valence-corrected chi connectivity index (χ3v) is 2.18. The molecule has 0 aliphatic carbocycles. The summed E-state index contributed by atoms with van der Waals surface area (Å²) >= 11 is 0. The smallest absolute Gasteiger partial charge is 0.217 e. The second-order valence-corrected chi connectivity index (χ2v) is 3.47. The molecule has 0 saturated heterocycles. The van der Waals surface area contributed by atoms with Gasteiger partial charge in [-0.3, -0.25) is 5.41 Å². The maximum absolute atomic E-state index is 7.82. The summed E-state index contributed by atoms with van der Waals surface area (Å²) in [6.07, 6.45) is 0.924. The molecule has 0 aromatic heterocycles. The number of nitrogens with one attached hydrogen (secondary N) is 1. The number of hydrogen-bond acceptors (Lipinski definition) is 4. The quantitative estimate of drug-likeness (QED) is 0.611. The summed E-state index contributed by atoms with van der Waals surface area (Å²) in [5, 5.41) is 7.82. The van der Waals surface area contributed by atoms with Crippen molar-refractivity contribution in [1.29, 1.82) is 5.41 Å². The van der Waals surface area contributed by atoms with Crippen molar-refractivity contribution in [1.82, 2.24) is 0 Å². The van der Waals surface area contributed by atoms with Gasteiger partial charge in [0, 0.05) is 0 Å². The van der Waals surface area contributed by atoms with Crippen LogP contribution in [0.3, 0.4) is 0 Å². The first kappa shape index (κ1) is 13.4.